The number of hydrogen-bond acceptors (Lipinski definition) is 6. The number of aliphatic imine (C=N–C) groups is 1. The normalized spacial score (nSPS) is 14.7. The van der Waals surface area contributed by atoms with E-state index in [1.807, 2.05) is 50.6 Å². The third kappa shape index (κ3) is 7.62. The van der Waals surface area contributed by atoms with E-state index in [1.54, 1.807) is 7.11 Å². The van der Waals surface area contributed by atoms with Crippen LogP contribution in [0, 0.1) is 0 Å². The lowest BCUT2D eigenvalue weighted by Crippen LogP contribution is -2.32. The fourth-order valence-electron chi connectivity index (χ4n) is 3.86. The molecule has 1 heterocycles. The smallest absolute Gasteiger partial charge is 0.151 e. The molecular formula is C26H33ClFN4O2PS. The summed E-state index contributed by atoms with van der Waals surface area (Å²) in [6.07, 6.45) is 2.39. The number of fused-ring (bicyclic) bond motifs is 1. The zero-order valence-corrected chi connectivity index (χ0v) is 23.6. The SMILES string of the molecule is C=C/C(Cl)=C(\N=C(C)Nc1cc2c(cc1OC)CCN(CCF)C2)Nc1ccc(S)cc1OP(C)C. The first-order chi connectivity index (χ1) is 17.2. The van der Waals surface area contributed by atoms with Gasteiger partial charge in [-0.1, -0.05) is 18.2 Å². The maximum atomic E-state index is 12.9. The molecule has 36 heavy (non-hydrogen) atoms. The number of halogens is 2. The molecule has 0 fully saturated rings. The van der Waals surface area contributed by atoms with E-state index >= 15 is 0 Å². The number of hydrogen-bond donors (Lipinski definition) is 3. The summed E-state index contributed by atoms with van der Waals surface area (Å²) in [6.45, 7) is 11.3. The second-order valence-corrected chi connectivity index (χ2v) is 11.2. The van der Waals surface area contributed by atoms with Crippen LogP contribution in [0.4, 0.5) is 15.8 Å². The highest BCUT2D eigenvalue weighted by Crippen LogP contribution is 2.38. The number of ether oxygens (including phenoxy) is 1. The quantitative estimate of drug-likeness (QED) is 0.0989. The number of amidine groups is 1. The van der Waals surface area contributed by atoms with E-state index < -0.39 is 8.15 Å². The summed E-state index contributed by atoms with van der Waals surface area (Å²) in [5.74, 6) is 2.39. The minimum Gasteiger partial charge on any atom is -0.495 e. The van der Waals surface area contributed by atoms with Gasteiger partial charge in [0.1, 0.15) is 24.0 Å². The Kier molecular flexibility index (Phi) is 10.5. The van der Waals surface area contributed by atoms with Crippen LogP contribution in [0.25, 0.3) is 0 Å². The van der Waals surface area contributed by atoms with Crippen molar-refractivity contribution < 1.29 is 13.7 Å². The van der Waals surface area contributed by atoms with E-state index in [2.05, 4.69) is 34.7 Å². The van der Waals surface area contributed by atoms with Crippen LogP contribution in [-0.2, 0) is 13.0 Å². The van der Waals surface area contributed by atoms with Crippen molar-refractivity contribution in [3.63, 3.8) is 0 Å². The Hall–Kier alpha value is -2.25. The van der Waals surface area contributed by atoms with Gasteiger partial charge < -0.3 is 19.9 Å². The fraction of sp³-hybridized carbons (Fsp3) is 0.346. The standard InChI is InChI=1S/C26H33ClFN4O2PS/c1-6-21(27)26(31-22-8-7-20(36)15-25(22)34-35(4)5)30-17(2)29-23-13-19-16-32(12-10-28)11-9-18(19)14-24(23)33-3/h6-8,13-15,31,36H,1,9-12,16H2,2-5H3,(H,29,30)/b26-21-. The first-order valence-electron chi connectivity index (χ1n) is 11.5. The summed E-state index contributed by atoms with van der Waals surface area (Å²) in [5.41, 5.74) is 3.86. The second-order valence-electron chi connectivity index (χ2n) is 8.47. The van der Waals surface area contributed by atoms with Crippen LogP contribution in [0.15, 0.2) is 63.7 Å². The van der Waals surface area contributed by atoms with Crippen LogP contribution in [-0.4, -0.2) is 50.9 Å². The predicted octanol–water partition coefficient (Wildman–Crippen LogP) is 6.88. The van der Waals surface area contributed by atoms with Gasteiger partial charge in [0.25, 0.3) is 0 Å². The third-order valence-electron chi connectivity index (χ3n) is 5.51. The van der Waals surface area contributed by atoms with Gasteiger partial charge in [0.15, 0.2) is 5.82 Å². The largest absolute Gasteiger partial charge is 0.495 e. The summed E-state index contributed by atoms with van der Waals surface area (Å²) < 4.78 is 24.5. The zero-order chi connectivity index (χ0) is 26.2. The number of nitrogens with zero attached hydrogens (tertiary/aromatic N) is 2. The third-order valence-corrected chi connectivity index (χ3v) is 6.69. The summed E-state index contributed by atoms with van der Waals surface area (Å²) >= 11 is 10.9. The van der Waals surface area contributed by atoms with E-state index in [9.17, 15) is 4.39 Å². The number of thiol groups is 1. The molecule has 0 atom stereocenters. The molecule has 2 N–H and O–H groups in total. The molecule has 0 saturated carbocycles. The van der Waals surface area contributed by atoms with Gasteiger partial charge >= 0.3 is 0 Å². The minimum absolute atomic E-state index is 0.351. The van der Waals surface area contributed by atoms with Crippen LogP contribution in [0.1, 0.15) is 18.1 Å². The molecule has 0 aliphatic carbocycles. The van der Waals surface area contributed by atoms with Crippen LogP contribution >= 0.6 is 32.4 Å². The van der Waals surface area contributed by atoms with E-state index in [1.165, 1.54) is 11.6 Å². The van der Waals surface area contributed by atoms with Crippen LogP contribution in [0.5, 0.6) is 11.5 Å². The first kappa shape index (κ1) is 28.3. The van der Waals surface area contributed by atoms with Gasteiger partial charge in [0, 0.05) is 24.5 Å². The molecule has 0 aromatic heterocycles. The highest BCUT2D eigenvalue weighted by molar-refractivity contribution is 7.80. The van der Waals surface area contributed by atoms with Crippen molar-refractivity contribution in [2.45, 2.75) is 24.8 Å². The van der Waals surface area contributed by atoms with Gasteiger partial charge in [-0.05, 0) is 74.2 Å². The molecule has 0 radical (unpaired) electrons. The van der Waals surface area contributed by atoms with Crippen LogP contribution in [0.3, 0.4) is 0 Å². The summed E-state index contributed by atoms with van der Waals surface area (Å²) in [4.78, 5) is 7.60. The van der Waals surface area contributed by atoms with Crippen molar-refractivity contribution in [3.8, 4) is 11.5 Å². The minimum atomic E-state index is -0.645. The molecule has 3 rings (SSSR count). The molecule has 6 nitrogen and oxygen atoms in total. The molecule has 0 amide bonds. The Morgan fingerprint density at radius 2 is 2.00 bits per heavy atom. The molecule has 0 spiro atoms. The lowest BCUT2D eigenvalue weighted by Gasteiger charge is -2.29. The Morgan fingerprint density at radius 1 is 1.22 bits per heavy atom. The van der Waals surface area contributed by atoms with Crippen molar-refractivity contribution in [1.29, 1.82) is 0 Å². The van der Waals surface area contributed by atoms with Crippen molar-refractivity contribution in [3.05, 3.63) is 65.0 Å². The van der Waals surface area contributed by atoms with Crippen molar-refractivity contribution in [2.24, 2.45) is 4.99 Å². The van der Waals surface area contributed by atoms with Crippen molar-refractivity contribution in [1.82, 2.24) is 4.90 Å². The average molecular weight is 551 g/mol. The average Bonchev–Trinajstić information content (AvgIpc) is 2.84. The molecule has 0 bridgehead atoms. The molecule has 2 aromatic rings. The fourth-order valence-corrected chi connectivity index (χ4v) is 4.69. The van der Waals surface area contributed by atoms with Crippen LogP contribution < -0.4 is 19.9 Å². The van der Waals surface area contributed by atoms with E-state index in [4.69, 9.17) is 25.9 Å². The number of benzene rings is 2. The maximum absolute atomic E-state index is 12.9. The Morgan fingerprint density at radius 3 is 2.67 bits per heavy atom. The number of methoxy groups -OCH3 is 1. The van der Waals surface area contributed by atoms with Crippen molar-refractivity contribution >= 4 is 49.6 Å². The van der Waals surface area contributed by atoms with E-state index in [-0.39, 0.29) is 6.67 Å². The molecule has 2 aromatic carbocycles. The molecule has 194 valence electrons. The Balaban J connectivity index is 1.89. The number of nitrogens with one attached hydrogen (secondary N) is 2. The lowest BCUT2D eigenvalue weighted by molar-refractivity contribution is 0.231. The molecule has 0 saturated heterocycles. The van der Waals surface area contributed by atoms with E-state index in [0.717, 1.165) is 40.5 Å². The molecule has 0 unspecified atom stereocenters. The monoisotopic (exact) mass is 550 g/mol. The number of alkyl halides is 1. The maximum Gasteiger partial charge on any atom is 0.151 e. The van der Waals surface area contributed by atoms with Gasteiger partial charge in [-0.3, -0.25) is 4.90 Å². The van der Waals surface area contributed by atoms with Gasteiger partial charge in [0.2, 0.25) is 0 Å². The van der Waals surface area contributed by atoms with Gasteiger partial charge in [0.05, 0.1) is 31.7 Å². The topological polar surface area (TPSA) is 58.1 Å². The molecule has 1 aliphatic heterocycles. The van der Waals surface area contributed by atoms with Gasteiger partial charge in [-0.15, -0.1) is 12.6 Å². The summed E-state index contributed by atoms with van der Waals surface area (Å²) in [6, 6.07) is 9.68. The first-order valence-corrected chi connectivity index (χ1v) is 14.5. The number of allylic oxidation sites excluding steroid dienone is 2. The number of rotatable bonds is 10. The van der Waals surface area contributed by atoms with Crippen molar-refractivity contribution in [2.75, 3.05) is 50.8 Å². The van der Waals surface area contributed by atoms with Crippen LogP contribution in [0.2, 0.25) is 0 Å². The molecule has 1 aliphatic rings. The van der Waals surface area contributed by atoms with Gasteiger partial charge in [-0.25, -0.2) is 9.38 Å². The molecule has 10 heteroatoms. The summed E-state index contributed by atoms with van der Waals surface area (Å²) in [7, 11) is 0.996. The Bertz CT molecular complexity index is 1160. The highest BCUT2D eigenvalue weighted by Gasteiger charge is 2.19. The number of anilines is 2. The zero-order valence-electron chi connectivity index (χ0n) is 21.1. The second kappa shape index (κ2) is 13.3. The van der Waals surface area contributed by atoms with E-state index in [0.29, 0.717) is 35.5 Å². The molecular weight excluding hydrogens is 518 g/mol. The summed E-state index contributed by atoms with van der Waals surface area (Å²) in [5, 5.41) is 6.96. The highest BCUT2D eigenvalue weighted by atomic mass is 35.5. The van der Waals surface area contributed by atoms with Gasteiger partial charge in [-0.2, -0.15) is 0 Å². The Labute approximate surface area is 224 Å². The predicted molar refractivity (Wildman–Crippen MR) is 154 cm³/mol. The lowest BCUT2D eigenvalue weighted by atomic mass is 9.98.